The standard InChI is InChI=1S/C26H41NO4/c1-3-4-5-6-7-8-9-10-11-12-13-14-15-16-17-18-23(28)27-24-22(26(30)31)20-19-21(2)25(24)29/h10-11,19-20,29H,3-9,12-18H2,1-2H3,(H,27,28)(H,30,31). The number of phenols is 1. The van der Waals surface area contributed by atoms with Gasteiger partial charge >= 0.3 is 5.97 Å². The average molecular weight is 432 g/mol. The summed E-state index contributed by atoms with van der Waals surface area (Å²) in [6.45, 7) is 3.91. The van der Waals surface area contributed by atoms with E-state index in [1.807, 2.05) is 0 Å². The highest BCUT2D eigenvalue weighted by atomic mass is 16.4. The second kappa shape index (κ2) is 16.4. The van der Waals surface area contributed by atoms with Crippen LogP contribution in [0.2, 0.25) is 0 Å². The molecule has 1 aromatic carbocycles. The Hall–Kier alpha value is -2.30. The number of amides is 1. The van der Waals surface area contributed by atoms with E-state index in [9.17, 15) is 19.8 Å². The van der Waals surface area contributed by atoms with Crippen LogP contribution in [0.4, 0.5) is 5.69 Å². The number of hydrogen-bond acceptors (Lipinski definition) is 3. The molecule has 1 rings (SSSR count). The van der Waals surface area contributed by atoms with Crippen molar-refractivity contribution in [3.05, 3.63) is 35.4 Å². The van der Waals surface area contributed by atoms with E-state index in [-0.39, 0.29) is 22.9 Å². The quantitative estimate of drug-likeness (QED) is 0.136. The molecular formula is C26H41NO4. The Kier molecular flexibility index (Phi) is 14.1. The number of phenolic OH excluding ortho intramolecular Hbond substituents is 1. The highest BCUT2D eigenvalue weighted by molar-refractivity contribution is 6.02. The lowest BCUT2D eigenvalue weighted by molar-refractivity contribution is -0.116. The molecule has 0 heterocycles. The van der Waals surface area contributed by atoms with Crippen LogP contribution < -0.4 is 5.32 Å². The molecule has 5 nitrogen and oxygen atoms in total. The van der Waals surface area contributed by atoms with Gasteiger partial charge in [-0.1, -0.05) is 76.5 Å². The van der Waals surface area contributed by atoms with Crippen LogP contribution in [-0.4, -0.2) is 22.1 Å². The fourth-order valence-electron chi connectivity index (χ4n) is 3.56. The molecule has 0 fully saturated rings. The van der Waals surface area contributed by atoms with E-state index < -0.39 is 5.97 Å². The third-order valence-electron chi connectivity index (χ3n) is 5.54. The first kappa shape index (κ1) is 26.7. The summed E-state index contributed by atoms with van der Waals surface area (Å²) in [5.74, 6) is -1.62. The number of nitrogens with one attached hydrogen (secondary N) is 1. The van der Waals surface area contributed by atoms with Crippen LogP contribution in [0.5, 0.6) is 5.75 Å². The molecule has 0 spiro atoms. The van der Waals surface area contributed by atoms with Gasteiger partial charge < -0.3 is 15.5 Å². The summed E-state index contributed by atoms with van der Waals surface area (Å²) >= 11 is 0. The number of carbonyl (C=O) groups excluding carboxylic acids is 1. The zero-order valence-electron chi connectivity index (χ0n) is 19.4. The third kappa shape index (κ3) is 11.6. The van der Waals surface area contributed by atoms with Gasteiger partial charge in [-0.2, -0.15) is 0 Å². The van der Waals surface area contributed by atoms with Crippen LogP contribution in [0.3, 0.4) is 0 Å². The Balaban J connectivity index is 2.10. The van der Waals surface area contributed by atoms with Crippen molar-refractivity contribution in [3.8, 4) is 5.75 Å². The second-order valence-electron chi connectivity index (χ2n) is 8.34. The van der Waals surface area contributed by atoms with Crippen molar-refractivity contribution >= 4 is 17.6 Å². The van der Waals surface area contributed by atoms with Crippen molar-refractivity contribution in [3.63, 3.8) is 0 Å². The maximum absolute atomic E-state index is 12.2. The first-order valence-electron chi connectivity index (χ1n) is 12.0. The molecular weight excluding hydrogens is 390 g/mol. The number of aromatic hydroxyl groups is 1. The van der Waals surface area contributed by atoms with Gasteiger partial charge in [0.15, 0.2) is 0 Å². The Bertz CT molecular complexity index is 697. The number of hydrogen-bond donors (Lipinski definition) is 3. The van der Waals surface area contributed by atoms with Crippen molar-refractivity contribution in [2.24, 2.45) is 0 Å². The second-order valence-corrected chi connectivity index (χ2v) is 8.34. The average Bonchev–Trinajstić information content (AvgIpc) is 2.74. The molecule has 1 amide bonds. The number of rotatable bonds is 17. The van der Waals surface area contributed by atoms with Crippen molar-refractivity contribution in [2.75, 3.05) is 5.32 Å². The Labute approximate surface area is 188 Å². The maximum Gasteiger partial charge on any atom is 0.337 e. The topological polar surface area (TPSA) is 86.6 Å². The molecule has 3 N–H and O–H groups in total. The summed E-state index contributed by atoms with van der Waals surface area (Å²) in [6, 6.07) is 2.92. The number of carboxylic acids is 1. The van der Waals surface area contributed by atoms with Crippen LogP contribution in [0, 0.1) is 6.92 Å². The van der Waals surface area contributed by atoms with Crippen molar-refractivity contribution < 1.29 is 19.8 Å². The fraction of sp³-hybridized carbons (Fsp3) is 0.615. The summed E-state index contributed by atoms with van der Waals surface area (Å²) in [5, 5.41) is 21.9. The van der Waals surface area contributed by atoms with Crippen LogP contribution in [0.1, 0.15) is 113 Å². The van der Waals surface area contributed by atoms with Crippen molar-refractivity contribution in [1.82, 2.24) is 0 Å². The fourth-order valence-corrected chi connectivity index (χ4v) is 3.56. The minimum atomic E-state index is -1.17. The zero-order chi connectivity index (χ0) is 22.9. The van der Waals surface area contributed by atoms with Crippen molar-refractivity contribution in [1.29, 1.82) is 0 Å². The van der Waals surface area contributed by atoms with Crippen LogP contribution in [0.15, 0.2) is 24.3 Å². The minimum Gasteiger partial charge on any atom is -0.505 e. The minimum absolute atomic E-state index is 0.00903. The third-order valence-corrected chi connectivity index (χ3v) is 5.54. The first-order valence-corrected chi connectivity index (χ1v) is 12.0. The molecule has 0 unspecified atom stereocenters. The number of carboxylic acid groups (broad SMARTS) is 1. The van der Waals surface area contributed by atoms with E-state index in [0.29, 0.717) is 12.0 Å². The van der Waals surface area contributed by atoms with Gasteiger partial charge in [0.1, 0.15) is 5.75 Å². The SMILES string of the molecule is CCCCCCCCC=CCCCCCCCC(=O)Nc1c(C(=O)O)ccc(C)c1O. The lowest BCUT2D eigenvalue weighted by Crippen LogP contribution is -2.14. The molecule has 0 aliphatic heterocycles. The number of allylic oxidation sites excluding steroid dienone is 2. The Morgan fingerprint density at radius 2 is 1.42 bits per heavy atom. The van der Waals surface area contributed by atoms with E-state index in [2.05, 4.69) is 24.4 Å². The Morgan fingerprint density at radius 3 is 2.00 bits per heavy atom. The summed E-state index contributed by atoms with van der Waals surface area (Å²) in [5.41, 5.74) is 0.424. The van der Waals surface area contributed by atoms with E-state index in [0.717, 1.165) is 32.1 Å². The largest absolute Gasteiger partial charge is 0.505 e. The molecule has 0 aliphatic rings. The van der Waals surface area contributed by atoms with Crippen molar-refractivity contribution in [2.45, 2.75) is 104 Å². The van der Waals surface area contributed by atoms with Gasteiger partial charge in [-0.3, -0.25) is 4.79 Å². The molecule has 0 atom stereocenters. The number of unbranched alkanes of at least 4 members (excludes halogenated alkanes) is 11. The molecule has 174 valence electrons. The molecule has 0 saturated heterocycles. The lowest BCUT2D eigenvalue weighted by atomic mass is 10.1. The summed E-state index contributed by atoms with van der Waals surface area (Å²) in [7, 11) is 0. The Morgan fingerprint density at radius 1 is 0.871 bits per heavy atom. The normalized spacial score (nSPS) is 11.2. The lowest BCUT2D eigenvalue weighted by Gasteiger charge is -2.12. The van der Waals surface area contributed by atoms with Gasteiger partial charge in [-0.05, 0) is 50.7 Å². The number of benzene rings is 1. The molecule has 0 aliphatic carbocycles. The van der Waals surface area contributed by atoms with E-state index in [1.165, 1.54) is 63.5 Å². The van der Waals surface area contributed by atoms with E-state index in [4.69, 9.17) is 0 Å². The van der Waals surface area contributed by atoms with E-state index >= 15 is 0 Å². The van der Waals surface area contributed by atoms with Crippen LogP contribution in [0.25, 0.3) is 0 Å². The molecule has 0 radical (unpaired) electrons. The molecule has 0 aromatic heterocycles. The monoisotopic (exact) mass is 431 g/mol. The van der Waals surface area contributed by atoms with Gasteiger partial charge in [-0.15, -0.1) is 0 Å². The summed E-state index contributed by atoms with van der Waals surface area (Å²) in [4.78, 5) is 23.5. The smallest absolute Gasteiger partial charge is 0.337 e. The summed E-state index contributed by atoms with van der Waals surface area (Å²) in [6.07, 6.45) is 20.5. The van der Waals surface area contributed by atoms with Crippen LogP contribution in [-0.2, 0) is 4.79 Å². The van der Waals surface area contributed by atoms with Gasteiger partial charge in [0.05, 0.1) is 11.3 Å². The number of carbonyl (C=O) groups is 2. The maximum atomic E-state index is 12.2. The summed E-state index contributed by atoms with van der Waals surface area (Å²) < 4.78 is 0. The first-order chi connectivity index (χ1) is 15.0. The number of aryl methyl sites for hydroxylation is 1. The highest BCUT2D eigenvalue weighted by Gasteiger charge is 2.17. The van der Waals surface area contributed by atoms with Gasteiger partial charge in [0, 0.05) is 6.42 Å². The van der Waals surface area contributed by atoms with Gasteiger partial charge in [0.2, 0.25) is 5.91 Å². The van der Waals surface area contributed by atoms with Gasteiger partial charge in [-0.25, -0.2) is 4.79 Å². The zero-order valence-corrected chi connectivity index (χ0v) is 19.4. The van der Waals surface area contributed by atoms with E-state index in [1.54, 1.807) is 6.92 Å². The molecule has 31 heavy (non-hydrogen) atoms. The molecule has 1 aromatic rings. The predicted octanol–water partition coefficient (Wildman–Crippen LogP) is 7.37. The molecule has 5 heteroatoms. The number of anilines is 1. The van der Waals surface area contributed by atoms with Crippen LogP contribution >= 0.6 is 0 Å². The highest BCUT2D eigenvalue weighted by Crippen LogP contribution is 2.31. The number of aromatic carboxylic acids is 1. The predicted molar refractivity (Wildman–Crippen MR) is 128 cm³/mol. The van der Waals surface area contributed by atoms with Gasteiger partial charge in [0.25, 0.3) is 0 Å². The molecule has 0 saturated carbocycles. The molecule has 0 bridgehead atoms.